The molecule has 0 aliphatic heterocycles. The van der Waals surface area contributed by atoms with Gasteiger partial charge in [-0.3, -0.25) is 9.59 Å². The predicted molar refractivity (Wildman–Crippen MR) is 125 cm³/mol. The molecule has 170 valence electrons. The number of pyridine rings is 2. The molecule has 1 aromatic carbocycles. The number of aryl methyl sites for hydroxylation is 1. The molecule has 5 nitrogen and oxygen atoms in total. The van der Waals surface area contributed by atoms with Crippen molar-refractivity contribution >= 4 is 22.6 Å². The Morgan fingerprint density at radius 3 is 2.65 bits per heavy atom. The number of carbonyl (C=O) groups excluding carboxylic acids is 1. The fourth-order valence-electron chi connectivity index (χ4n) is 2.90. The molecule has 2 heterocycles. The van der Waals surface area contributed by atoms with Gasteiger partial charge in [0.15, 0.2) is 0 Å². The van der Waals surface area contributed by atoms with E-state index >= 15 is 0 Å². The van der Waals surface area contributed by atoms with Crippen molar-refractivity contribution in [2.75, 3.05) is 5.32 Å². The Balaban J connectivity index is 1.83. The molecule has 0 aliphatic carbocycles. The number of hydrogen-bond acceptors (Lipinski definition) is 3. The molecule has 0 radical (unpaired) electrons. The summed E-state index contributed by atoms with van der Waals surface area (Å²) < 4.78 is 39.0. The number of halogens is 3. The number of anilines is 1. The van der Waals surface area contributed by atoms with E-state index in [-0.39, 0.29) is 11.1 Å². The molecule has 0 aliphatic rings. The number of nitrogens with zero attached hydrogens (tertiary/aromatic N) is 1. The average Bonchev–Trinajstić information content (AvgIpc) is 2.78. The molecule has 0 fully saturated rings. The Morgan fingerprint density at radius 2 is 1.94 bits per heavy atom. The van der Waals surface area contributed by atoms with Crippen molar-refractivity contribution in [1.82, 2.24) is 9.97 Å². The van der Waals surface area contributed by atoms with Crippen LogP contribution in [0.15, 0.2) is 70.7 Å². The summed E-state index contributed by atoms with van der Waals surface area (Å²) in [6.45, 7) is 3.10. The van der Waals surface area contributed by atoms with Gasteiger partial charge in [0.25, 0.3) is 5.91 Å². The van der Waals surface area contributed by atoms with Crippen LogP contribution in [0.3, 0.4) is 0 Å². The normalized spacial score (nSPS) is 12.0. The molecule has 0 saturated carbocycles. The van der Waals surface area contributed by atoms with Gasteiger partial charge in [-0.1, -0.05) is 23.8 Å². The maximum absolute atomic E-state index is 13.0. The van der Waals surface area contributed by atoms with Crippen LogP contribution in [-0.4, -0.2) is 22.1 Å². The summed E-state index contributed by atoms with van der Waals surface area (Å²) in [6.07, 6.45) is 3.07. The Kier molecular flexibility index (Phi) is 7.04. The Morgan fingerprint density at radius 1 is 1.18 bits per heavy atom. The number of aromatic nitrogens is 2. The minimum atomic E-state index is -4.67. The van der Waals surface area contributed by atoms with Gasteiger partial charge in [0.2, 0.25) is 5.56 Å². The van der Waals surface area contributed by atoms with E-state index in [1.165, 1.54) is 19.2 Å². The van der Waals surface area contributed by atoms with E-state index in [1.807, 2.05) is 12.8 Å². The largest absolute Gasteiger partial charge is 0.417 e. The Labute approximate surface area is 193 Å². The molecule has 0 bridgehead atoms. The Bertz CT molecular complexity index is 1490. The number of allylic oxidation sites excluding steroid dienone is 3. The van der Waals surface area contributed by atoms with E-state index in [4.69, 9.17) is 6.42 Å². The third-order valence-electron chi connectivity index (χ3n) is 4.71. The van der Waals surface area contributed by atoms with E-state index in [0.29, 0.717) is 34.6 Å². The quantitative estimate of drug-likeness (QED) is 0.339. The number of terminal acetylenes is 1. The fourth-order valence-corrected chi connectivity index (χ4v) is 2.90. The molecule has 3 rings (SSSR count). The molecular weight excluding hydrogens is 443 g/mol. The highest BCUT2D eigenvalue weighted by Crippen LogP contribution is 2.27. The first-order valence-electron chi connectivity index (χ1n) is 9.92. The second kappa shape index (κ2) is 9.93. The number of aromatic amines is 1. The maximum Gasteiger partial charge on any atom is 0.417 e. The molecule has 0 atom stereocenters. The third-order valence-corrected chi connectivity index (χ3v) is 4.71. The topological polar surface area (TPSA) is 74.8 Å². The molecule has 2 N–H and O–H groups in total. The van der Waals surface area contributed by atoms with Gasteiger partial charge in [0.05, 0.1) is 5.57 Å². The SMILES string of the molecule is C#C/C=C(\C=C(/C)C(=O)Nc1ccc(C)c(C#Cc2cnc3[nH]c(=O)ccc3c2)c1)C(F)(F)F. The number of carbonyl (C=O) groups is 1. The summed E-state index contributed by atoms with van der Waals surface area (Å²) in [6, 6.07) is 9.81. The molecule has 0 spiro atoms. The van der Waals surface area contributed by atoms with Crippen molar-refractivity contribution < 1.29 is 18.0 Å². The smallest absolute Gasteiger partial charge is 0.322 e. The summed E-state index contributed by atoms with van der Waals surface area (Å²) in [5, 5.41) is 3.29. The van der Waals surface area contributed by atoms with Gasteiger partial charge in [-0.15, -0.1) is 6.42 Å². The van der Waals surface area contributed by atoms with E-state index in [0.717, 1.165) is 10.9 Å². The third kappa shape index (κ3) is 6.02. The fraction of sp³-hybridized carbons (Fsp3) is 0.115. The van der Waals surface area contributed by atoms with Crippen LogP contribution in [-0.2, 0) is 4.79 Å². The number of nitrogens with one attached hydrogen (secondary N) is 2. The molecule has 2 aromatic heterocycles. The first-order chi connectivity index (χ1) is 16.1. The minimum absolute atomic E-state index is 0.160. The van der Waals surface area contributed by atoms with E-state index < -0.39 is 17.7 Å². The molecule has 0 unspecified atom stereocenters. The predicted octanol–water partition coefficient (Wildman–Crippen LogP) is 4.64. The van der Waals surface area contributed by atoms with E-state index in [1.54, 1.807) is 30.3 Å². The van der Waals surface area contributed by atoms with Crippen molar-refractivity contribution in [3.8, 4) is 24.2 Å². The molecule has 34 heavy (non-hydrogen) atoms. The van der Waals surface area contributed by atoms with Gasteiger partial charge in [0, 0.05) is 46.1 Å². The zero-order valence-corrected chi connectivity index (χ0v) is 18.2. The highest BCUT2D eigenvalue weighted by atomic mass is 19.4. The van der Waals surface area contributed by atoms with Crippen molar-refractivity contribution in [2.45, 2.75) is 20.0 Å². The standard InChI is InChI=1S/C26H18F3N3O2/c1-4-5-21(26(27,28)29)12-17(3)25(34)31-22-10-6-16(2)19(14-22)8-7-18-13-20-9-11-23(33)32-24(20)30-15-18/h1,5-6,9-15H,2-3H3,(H,31,34)(H,30,32,33)/b17-12+,21-5+. The van der Waals surface area contributed by atoms with Crippen LogP contribution in [0.1, 0.15) is 23.6 Å². The number of benzene rings is 1. The number of hydrogen-bond donors (Lipinski definition) is 2. The number of fused-ring (bicyclic) bond motifs is 1. The lowest BCUT2D eigenvalue weighted by Crippen LogP contribution is -2.16. The van der Waals surface area contributed by atoms with Crippen LogP contribution in [0, 0.1) is 31.1 Å². The van der Waals surface area contributed by atoms with Gasteiger partial charge in [0.1, 0.15) is 5.65 Å². The van der Waals surface area contributed by atoms with Gasteiger partial charge < -0.3 is 10.3 Å². The summed E-state index contributed by atoms with van der Waals surface area (Å²) in [4.78, 5) is 30.6. The average molecular weight is 461 g/mol. The van der Waals surface area contributed by atoms with Crippen LogP contribution >= 0.6 is 0 Å². The summed E-state index contributed by atoms with van der Waals surface area (Å²) in [7, 11) is 0. The maximum atomic E-state index is 13.0. The summed E-state index contributed by atoms with van der Waals surface area (Å²) in [5.41, 5.74) is 1.39. The first kappa shape index (κ1) is 24.1. The Hall–Kier alpha value is -4.56. The lowest BCUT2D eigenvalue weighted by atomic mass is 10.1. The van der Waals surface area contributed by atoms with Crippen LogP contribution in [0.2, 0.25) is 0 Å². The van der Waals surface area contributed by atoms with Crippen LogP contribution in [0.4, 0.5) is 18.9 Å². The van der Waals surface area contributed by atoms with Crippen molar-refractivity contribution in [1.29, 1.82) is 0 Å². The first-order valence-corrected chi connectivity index (χ1v) is 9.92. The van der Waals surface area contributed by atoms with Gasteiger partial charge >= 0.3 is 6.18 Å². The zero-order chi connectivity index (χ0) is 24.9. The number of H-pyrrole nitrogens is 1. The van der Waals surface area contributed by atoms with Crippen molar-refractivity contribution in [2.24, 2.45) is 0 Å². The van der Waals surface area contributed by atoms with Gasteiger partial charge in [-0.2, -0.15) is 13.2 Å². The van der Waals surface area contributed by atoms with Gasteiger partial charge in [-0.25, -0.2) is 4.98 Å². The molecule has 8 heteroatoms. The monoisotopic (exact) mass is 461 g/mol. The highest BCUT2D eigenvalue weighted by Gasteiger charge is 2.32. The van der Waals surface area contributed by atoms with Crippen molar-refractivity contribution in [3.05, 3.63) is 92.9 Å². The second-order valence-corrected chi connectivity index (χ2v) is 7.31. The van der Waals surface area contributed by atoms with Crippen LogP contribution in [0.25, 0.3) is 11.0 Å². The lowest BCUT2D eigenvalue weighted by Gasteiger charge is -2.10. The van der Waals surface area contributed by atoms with Crippen LogP contribution < -0.4 is 10.9 Å². The highest BCUT2D eigenvalue weighted by molar-refractivity contribution is 6.03. The lowest BCUT2D eigenvalue weighted by molar-refractivity contribution is -0.112. The zero-order valence-electron chi connectivity index (χ0n) is 18.2. The van der Waals surface area contributed by atoms with Crippen LogP contribution in [0.5, 0.6) is 0 Å². The summed E-state index contributed by atoms with van der Waals surface area (Å²) >= 11 is 0. The minimum Gasteiger partial charge on any atom is -0.322 e. The van der Waals surface area contributed by atoms with E-state index in [9.17, 15) is 22.8 Å². The number of alkyl halides is 3. The molecule has 1 amide bonds. The van der Waals surface area contributed by atoms with E-state index in [2.05, 4.69) is 27.1 Å². The molecule has 3 aromatic rings. The second-order valence-electron chi connectivity index (χ2n) is 7.31. The number of amides is 1. The van der Waals surface area contributed by atoms with Crippen molar-refractivity contribution in [3.63, 3.8) is 0 Å². The molecule has 0 saturated heterocycles. The number of rotatable bonds is 3. The van der Waals surface area contributed by atoms with Gasteiger partial charge in [-0.05, 0) is 49.8 Å². The molecular formula is C26H18F3N3O2. The summed E-state index contributed by atoms with van der Waals surface area (Å²) in [5.74, 6) is 7.12.